The third kappa shape index (κ3) is 5.46. The van der Waals surface area contributed by atoms with Gasteiger partial charge in [0.1, 0.15) is 0 Å². The minimum Gasteiger partial charge on any atom is -0.493 e. The summed E-state index contributed by atoms with van der Waals surface area (Å²) in [6.45, 7) is 2.68. The van der Waals surface area contributed by atoms with Gasteiger partial charge in [0.2, 0.25) is 0 Å². The summed E-state index contributed by atoms with van der Waals surface area (Å²) in [6, 6.07) is 13.4. The van der Waals surface area contributed by atoms with Crippen LogP contribution in [0.2, 0.25) is 0 Å². The Morgan fingerprint density at radius 3 is 2.93 bits per heavy atom. The van der Waals surface area contributed by atoms with Crippen LogP contribution in [0.4, 0.5) is 0 Å². The van der Waals surface area contributed by atoms with Gasteiger partial charge in [-0.3, -0.25) is 4.79 Å². The van der Waals surface area contributed by atoms with Crippen LogP contribution in [-0.2, 0) is 4.79 Å². The topological polar surface area (TPSA) is 72.8 Å². The fourth-order valence-corrected chi connectivity index (χ4v) is 4.21. The van der Waals surface area contributed by atoms with Gasteiger partial charge in [-0.05, 0) is 42.3 Å². The molecule has 0 aliphatic heterocycles. The Balaban J connectivity index is 1.51. The number of nitrogens with one attached hydrogen (secondary N) is 1. The van der Waals surface area contributed by atoms with Crippen LogP contribution in [0.15, 0.2) is 51.9 Å². The maximum absolute atomic E-state index is 12.0. The first kappa shape index (κ1) is 20.2. The Morgan fingerprint density at radius 1 is 1.29 bits per heavy atom. The van der Waals surface area contributed by atoms with Crippen LogP contribution in [0.3, 0.4) is 0 Å². The van der Waals surface area contributed by atoms with Gasteiger partial charge in [-0.15, -0.1) is 11.3 Å². The standard InChI is InChI=1S/C20H21N3O3S2/c1-3-10-26-16-9-8-14(11-17(16)25-2)12-21-23-19(24)13-27-20-22-15-6-4-5-7-18(15)28-20/h4-9,11-12H,3,10,13H2,1-2H3,(H,23,24). The van der Waals surface area contributed by atoms with E-state index in [1.54, 1.807) is 24.7 Å². The average molecular weight is 416 g/mol. The first-order chi connectivity index (χ1) is 13.7. The van der Waals surface area contributed by atoms with Crippen molar-refractivity contribution in [3.8, 4) is 11.5 Å². The van der Waals surface area contributed by atoms with E-state index < -0.39 is 0 Å². The van der Waals surface area contributed by atoms with Gasteiger partial charge in [0.25, 0.3) is 5.91 Å². The quantitative estimate of drug-likeness (QED) is 0.320. The van der Waals surface area contributed by atoms with E-state index in [0.29, 0.717) is 18.1 Å². The number of hydrazone groups is 1. The fourth-order valence-electron chi connectivity index (χ4n) is 2.35. The van der Waals surface area contributed by atoms with Crippen LogP contribution in [0.1, 0.15) is 18.9 Å². The van der Waals surface area contributed by atoms with Crippen molar-refractivity contribution >= 4 is 45.4 Å². The fraction of sp³-hybridized carbons (Fsp3) is 0.250. The zero-order valence-electron chi connectivity index (χ0n) is 15.7. The monoisotopic (exact) mass is 415 g/mol. The van der Waals surface area contributed by atoms with Crippen LogP contribution in [0, 0.1) is 0 Å². The van der Waals surface area contributed by atoms with E-state index in [0.717, 1.165) is 26.5 Å². The highest BCUT2D eigenvalue weighted by Gasteiger charge is 2.07. The number of nitrogens with zero attached hydrogens (tertiary/aromatic N) is 2. The molecule has 8 heteroatoms. The number of para-hydroxylation sites is 1. The van der Waals surface area contributed by atoms with E-state index in [1.807, 2.05) is 49.4 Å². The molecule has 0 fully saturated rings. The lowest BCUT2D eigenvalue weighted by Gasteiger charge is -2.10. The van der Waals surface area contributed by atoms with Crippen LogP contribution >= 0.6 is 23.1 Å². The van der Waals surface area contributed by atoms with E-state index in [-0.39, 0.29) is 11.7 Å². The molecule has 3 aromatic rings. The van der Waals surface area contributed by atoms with E-state index in [1.165, 1.54) is 11.8 Å². The largest absolute Gasteiger partial charge is 0.493 e. The average Bonchev–Trinajstić information content (AvgIpc) is 3.14. The number of benzene rings is 2. The SMILES string of the molecule is CCCOc1ccc(C=NNC(=O)CSc2nc3ccccc3s2)cc1OC. The highest BCUT2D eigenvalue weighted by atomic mass is 32.2. The molecule has 6 nitrogen and oxygen atoms in total. The minimum absolute atomic E-state index is 0.185. The number of carbonyl (C=O) groups is 1. The highest BCUT2D eigenvalue weighted by Crippen LogP contribution is 2.29. The molecule has 0 saturated carbocycles. The summed E-state index contributed by atoms with van der Waals surface area (Å²) in [6.07, 6.45) is 2.50. The second-order valence-electron chi connectivity index (χ2n) is 5.79. The molecule has 0 aliphatic rings. The predicted molar refractivity (Wildman–Crippen MR) is 115 cm³/mol. The Hall–Kier alpha value is -2.58. The van der Waals surface area contributed by atoms with Gasteiger partial charge in [0, 0.05) is 0 Å². The molecule has 0 radical (unpaired) electrons. The summed E-state index contributed by atoms with van der Waals surface area (Å²) < 4.78 is 12.9. The second-order valence-corrected chi connectivity index (χ2v) is 8.04. The number of hydrogen-bond acceptors (Lipinski definition) is 7. The summed E-state index contributed by atoms with van der Waals surface area (Å²) >= 11 is 2.98. The molecule has 1 aromatic heterocycles. The van der Waals surface area contributed by atoms with Crippen molar-refractivity contribution in [2.24, 2.45) is 5.10 Å². The van der Waals surface area contributed by atoms with Gasteiger partial charge in [-0.25, -0.2) is 10.4 Å². The highest BCUT2D eigenvalue weighted by molar-refractivity contribution is 8.01. The predicted octanol–water partition coefficient (Wildman–Crippen LogP) is 4.34. The molecule has 0 atom stereocenters. The molecule has 1 N–H and O–H groups in total. The van der Waals surface area contributed by atoms with Crippen molar-refractivity contribution in [1.29, 1.82) is 0 Å². The van der Waals surface area contributed by atoms with E-state index >= 15 is 0 Å². The maximum atomic E-state index is 12.0. The Bertz CT molecular complexity index is 939. The van der Waals surface area contributed by atoms with Crippen LogP contribution in [0.25, 0.3) is 10.2 Å². The molecular formula is C20H21N3O3S2. The molecule has 28 heavy (non-hydrogen) atoms. The van der Waals surface area contributed by atoms with Gasteiger partial charge in [0.05, 0.1) is 35.9 Å². The van der Waals surface area contributed by atoms with Crippen molar-refractivity contribution < 1.29 is 14.3 Å². The summed E-state index contributed by atoms with van der Waals surface area (Å²) in [5, 5.41) is 4.01. The normalized spacial score (nSPS) is 11.1. The summed E-state index contributed by atoms with van der Waals surface area (Å²) in [5.74, 6) is 1.40. The van der Waals surface area contributed by atoms with E-state index in [2.05, 4.69) is 15.5 Å². The molecule has 146 valence electrons. The molecule has 3 rings (SSSR count). The zero-order chi connectivity index (χ0) is 19.8. The van der Waals surface area contributed by atoms with Gasteiger partial charge < -0.3 is 9.47 Å². The summed E-state index contributed by atoms with van der Waals surface area (Å²) in [5.41, 5.74) is 4.29. The lowest BCUT2D eigenvalue weighted by atomic mass is 10.2. The number of ether oxygens (including phenoxy) is 2. The number of rotatable bonds is 9. The third-order valence-electron chi connectivity index (χ3n) is 3.65. The molecule has 0 aliphatic carbocycles. The van der Waals surface area contributed by atoms with Crippen molar-refractivity contribution in [1.82, 2.24) is 10.4 Å². The maximum Gasteiger partial charge on any atom is 0.250 e. The van der Waals surface area contributed by atoms with Crippen molar-refractivity contribution in [2.45, 2.75) is 17.7 Å². The van der Waals surface area contributed by atoms with Crippen molar-refractivity contribution in [3.63, 3.8) is 0 Å². The van der Waals surface area contributed by atoms with Gasteiger partial charge in [-0.2, -0.15) is 5.10 Å². The lowest BCUT2D eigenvalue weighted by molar-refractivity contribution is -0.118. The van der Waals surface area contributed by atoms with Crippen molar-refractivity contribution in [2.75, 3.05) is 19.5 Å². The number of amides is 1. The molecule has 0 saturated heterocycles. The summed E-state index contributed by atoms with van der Waals surface area (Å²) in [4.78, 5) is 16.5. The molecular weight excluding hydrogens is 394 g/mol. The van der Waals surface area contributed by atoms with Gasteiger partial charge >= 0.3 is 0 Å². The third-order valence-corrected chi connectivity index (χ3v) is 5.83. The molecule has 1 amide bonds. The second kappa shape index (κ2) is 10.1. The van der Waals surface area contributed by atoms with Crippen LogP contribution < -0.4 is 14.9 Å². The molecule has 0 unspecified atom stereocenters. The smallest absolute Gasteiger partial charge is 0.250 e. The Kier molecular flexibility index (Phi) is 7.27. The summed E-state index contributed by atoms with van der Waals surface area (Å²) in [7, 11) is 1.59. The zero-order valence-corrected chi connectivity index (χ0v) is 17.3. The van der Waals surface area contributed by atoms with Crippen LogP contribution in [0.5, 0.6) is 11.5 Å². The number of carbonyl (C=O) groups excluding carboxylic acids is 1. The minimum atomic E-state index is -0.185. The number of aromatic nitrogens is 1. The number of thioether (sulfide) groups is 1. The molecule has 1 heterocycles. The number of fused-ring (bicyclic) bond motifs is 1. The first-order valence-electron chi connectivity index (χ1n) is 8.80. The number of hydrogen-bond donors (Lipinski definition) is 1. The number of methoxy groups -OCH3 is 1. The lowest BCUT2D eigenvalue weighted by Crippen LogP contribution is -2.19. The van der Waals surface area contributed by atoms with Crippen LogP contribution in [-0.4, -0.2) is 36.6 Å². The van der Waals surface area contributed by atoms with Gasteiger partial charge in [0.15, 0.2) is 15.8 Å². The first-order valence-corrected chi connectivity index (χ1v) is 10.6. The Morgan fingerprint density at radius 2 is 2.14 bits per heavy atom. The van der Waals surface area contributed by atoms with E-state index in [4.69, 9.17) is 9.47 Å². The number of thiazole rings is 1. The van der Waals surface area contributed by atoms with Crippen molar-refractivity contribution in [3.05, 3.63) is 48.0 Å². The molecule has 2 aromatic carbocycles. The van der Waals surface area contributed by atoms with Gasteiger partial charge in [-0.1, -0.05) is 30.8 Å². The molecule has 0 spiro atoms. The molecule has 0 bridgehead atoms. The Labute approximate surface area is 172 Å². The van der Waals surface area contributed by atoms with E-state index in [9.17, 15) is 4.79 Å².